The Morgan fingerprint density at radius 3 is 2.21 bits per heavy atom. The van der Waals surface area contributed by atoms with Crippen molar-refractivity contribution in [3.63, 3.8) is 0 Å². The van der Waals surface area contributed by atoms with E-state index in [-0.39, 0.29) is 20.8 Å². The third-order valence-corrected chi connectivity index (χ3v) is 3.09. The molecule has 106 valence electrons. The Hall–Kier alpha value is -0.850. The number of ether oxygens (including phenoxy) is 1. The van der Waals surface area contributed by atoms with E-state index in [1.165, 1.54) is 6.07 Å². The number of carboxylic acid groups (broad SMARTS) is 1. The van der Waals surface area contributed by atoms with Crippen molar-refractivity contribution in [2.75, 3.05) is 6.61 Å². The molecule has 0 saturated heterocycles. The van der Waals surface area contributed by atoms with Gasteiger partial charge in [-0.2, -0.15) is 13.2 Å². The lowest BCUT2D eigenvalue weighted by Gasteiger charge is -2.17. The first kappa shape index (κ1) is 16.2. The zero-order chi connectivity index (χ0) is 14.8. The van der Waals surface area contributed by atoms with E-state index in [0.29, 0.717) is 0 Å². The maximum Gasteiger partial charge on any atom is 0.405 e. The van der Waals surface area contributed by atoms with Gasteiger partial charge in [-0.15, -0.1) is 0 Å². The minimum atomic E-state index is -4.92. The van der Waals surface area contributed by atoms with E-state index in [9.17, 15) is 18.0 Å². The van der Waals surface area contributed by atoms with Crippen molar-refractivity contribution in [1.29, 1.82) is 0 Å². The predicted octanol–water partition coefficient (Wildman–Crippen LogP) is 4.29. The van der Waals surface area contributed by atoms with Crippen LogP contribution in [0, 0.1) is 5.92 Å². The molecule has 1 aromatic rings. The Labute approximate surface area is 120 Å². The Kier molecular flexibility index (Phi) is 5.18. The van der Waals surface area contributed by atoms with Crippen LogP contribution in [0.2, 0.25) is 15.1 Å². The van der Waals surface area contributed by atoms with Gasteiger partial charge < -0.3 is 9.84 Å². The zero-order valence-corrected chi connectivity index (χ0v) is 11.2. The third kappa shape index (κ3) is 4.33. The highest BCUT2D eigenvalue weighted by Crippen LogP contribution is 2.35. The quantitative estimate of drug-likeness (QED) is 0.834. The molecule has 1 aromatic carbocycles. The van der Waals surface area contributed by atoms with Crippen molar-refractivity contribution in [1.82, 2.24) is 0 Å². The molecule has 1 rings (SSSR count). The number of carboxylic acids is 1. The summed E-state index contributed by atoms with van der Waals surface area (Å²) in [5.74, 6) is -4.87. The summed E-state index contributed by atoms with van der Waals surface area (Å²) in [5.41, 5.74) is 0. The van der Waals surface area contributed by atoms with Crippen LogP contribution in [-0.2, 0) is 4.79 Å². The van der Waals surface area contributed by atoms with E-state index >= 15 is 0 Å². The molecule has 0 fully saturated rings. The molecular formula is C10H6Cl3F3O3. The van der Waals surface area contributed by atoms with E-state index in [1.807, 2.05) is 0 Å². The number of carbonyl (C=O) groups is 1. The molecule has 0 radical (unpaired) electrons. The first-order valence-corrected chi connectivity index (χ1v) is 5.83. The Morgan fingerprint density at radius 2 is 1.74 bits per heavy atom. The number of rotatable bonds is 4. The van der Waals surface area contributed by atoms with Crippen molar-refractivity contribution in [2.45, 2.75) is 6.18 Å². The van der Waals surface area contributed by atoms with Crippen molar-refractivity contribution >= 4 is 40.8 Å². The van der Waals surface area contributed by atoms with Crippen molar-refractivity contribution in [2.24, 2.45) is 5.92 Å². The SMILES string of the molecule is O=C(O)C(COc1cc(Cl)c(Cl)cc1Cl)C(F)(F)F. The number of aliphatic carboxylic acids is 1. The van der Waals surface area contributed by atoms with Crippen LogP contribution >= 0.6 is 34.8 Å². The van der Waals surface area contributed by atoms with Gasteiger partial charge in [0.1, 0.15) is 12.4 Å². The number of benzene rings is 1. The summed E-state index contributed by atoms with van der Waals surface area (Å²) >= 11 is 17.0. The van der Waals surface area contributed by atoms with Crippen LogP contribution in [0.5, 0.6) is 5.75 Å². The molecule has 0 aromatic heterocycles. The topological polar surface area (TPSA) is 46.5 Å². The molecule has 0 saturated carbocycles. The highest BCUT2D eigenvalue weighted by atomic mass is 35.5. The van der Waals surface area contributed by atoms with Gasteiger partial charge in [-0.25, -0.2) is 0 Å². The van der Waals surface area contributed by atoms with Crippen LogP contribution in [0.3, 0.4) is 0 Å². The van der Waals surface area contributed by atoms with Crippen LogP contribution in [0.15, 0.2) is 12.1 Å². The van der Waals surface area contributed by atoms with Crippen molar-refractivity contribution in [3.05, 3.63) is 27.2 Å². The summed E-state index contributed by atoms with van der Waals surface area (Å²) in [7, 11) is 0. The van der Waals surface area contributed by atoms with Gasteiger partial charge in [0.25, 0.3) is 0 Å². The lowest BCUT2D eigenvalue weighted by atomic mass is 10.1. The van der Waals surface area contributed by atoms with Crippen LogP contribution in [-0.4, -0.2) is 23.9 Å². The van der Waals surface area contributed by atoms with Gasteiger partial charge >= 0.3 is 12.1 Å². The van der Waals surface area contributed by atoms with E-state index in [4.69, 9.17) is 44.6 Å². The summed E-state index contributed by atoms with van der Waals surface area (Å²) < 4.78 is 41.9. The number of hydrogen-bond donors (Lipinski definition) is 1. The fraction of sp³-hybridized carbons (Fsp3) is 0.300. The molecule has 0 spiro atoms. The first-order valence-electron chi connectivity index (χ1n) is 4.69. The molecule has 0 bridgehead atoms. The summed E-state index contributed by atoms with van der Waals surface area (Å²) in [6, 6.07) is 2.30. The fourth-order valence-corrected chi connectivity index (χ4v) is 1.69. The highest BCUT2D eigenvalue weighted by Gasteiger charge is 2.45. The van der Waals surface area contributed by atoms with Gasteiger partial charge in [0, 0.05) is 6.07 Å². The monoisotopic (exact) mass is 336 g/mol. The average molecular weight is 338 g/mol. The minimum absolute atomic E-state index is 0.0277. The summed E-state index contributed by atoms with van der Waals surface area (Å²) in [5, 5.41) is 8.54. The highest BCUT2D eigenvalue weighted by molar-refractivity contribution is 6.43. The zero-order valence-electron chi connectivity index (χ0n) is 8.97. The van der Waals surface area contributed by atoms with Gasteiger partial charge in [-0.05, 0) is 6.07 Å². The van der Waals surface area contributed by atoms with Gasteiger partial charge in [0.15, 0.2) is 5.92 Å². The number of alkyl halides is 3. The molecule has 0 aliphatic heterocycles. The summed E-state index contributed by atoms with van der Waals surface area (Å²) in [6.45, 7) is -1.11. The van der Waals surface area contributed by atoms with Crippen LogP contribution in [0.25, 0.3) is 0 Å². The second-order valence-electron chi connectivity index (χ2n) is 3.44. The van der Waals surface area contributed by atoms with Gasteiger partial charge in [-0.3, -0.25) is 4.79 Å². The van der Waals surface area contributed by atoms with Crippen LogP contribution in [0.1, 0.15) is 0 Å². The molecule has 0 aliphatic carbocycles. The number of hydrogen-bond acceptors (Lipinski definition) is 2. The Bertz CT molecular complexity index is 491. The van der Waals surface area contributed by atoms with Crippen LogP contribution in [0.4, 0.5) is 13.2 Å². The molecule has 0 amide bonds. The summed E-state index contributed by atoms with van der Waals surface area (Å²) in [6.07, 6.45) is -4.92. The molecule has 0 heterocycles. The first-order chi connectivity index (χ1) is 8.62. The predicted molar refractivity (Wildman–Crippen MR) is 64.1 cm³/mol. The second-order valence-corrected chi connectivity index (χ2v) is 4.66. The molecule has 9 heteroatoms. The van der Waals surface area contributed by atoms with Crippen LogP contribution < -0.4 is 4.74 Å². The molecule has 1 N–H and O–H groups in total. The molecule has 1 unspecified atom stereocenters. The lowest BCUT2D eigenvalue weighted by molar-refractivity contribution is -0.198. The van der Waals surface area contributed by atoms with Crippen molar-refractivity contribution < 1.29 is 27.8 Å². The smallest absolute Gasteiger partial charge is 0.405 e. The summed E-state index contributed by atoms with van der Waals surface area (Å²) in [4.78, 5) is 10.5. The standard InChI is InChI=1S/C10H6Cl3F3O3/c11-5-1-7(13)8(2-6(5)12)19-3-4(9(17)18)10(14,15)16/h1-2,4H,3H2,(H,17,18). The Morgan fingerprint density at radius 1 is 1.21 bits per heavy atom. The van der Waals surface area contributed by atoms with E-state index in [1.54, 1.807) is 0 Å². The minimum Gasteiger partial charge on any atom is -0.491 e. The Balaban J connectivity index is 2.86. The van der Waals surface area contributed by atoms with Gasteiger partial charge in [0.2, 0.25) is 0 Å². The lowest BCUT2D eigenvalue weighted by Crippen LogP contribution is -2.35. The molecule has 0 aliphatic rings. The largest absolute Gasteiger partial charge is 0.491 e. The molecule has 1 atom stereocenters. The van der Waals surface area contributed by atoms with Crippen molar-refractivity contribution in [3.8, 4) is 5.75 Å². The fourth-order valence-electron chi connectivity index (χ4n) is 1.09. The average Bonchev–Trinajstić information content (AvgIpc) is 2.23. The van der Waals surface area contributed by atoms with E-state index in [2.05, 4.69) is 0 Å². The van der Waals surface area contributed by atoms with Gasteiger partial charge in [-0.1, -0.05) is 34.8 Å². The molecular weight excluding hydrogens is 331 g/mol. The van der Waals surface area contributed by atoms with Gasteiger partial charge in [0.05, 0.1) is 15.1 Å². The van der Waals surface area contributed by atoms with E-state index in [0.717, 1.165) is 6.07 Å². The maximum atomic E-state index is 12.4. The normalized spacial score (nSPS) is 13.2. The second kappa shape index (κ2) is 6.07. The number of halogens is 6. The van der Waals surface area contributed by atoms with E-state index < -0.39 is 24.7 Å². The molecule has 19 heavy (non-hydrogen) atoms. The molecule has 3 nitrogen and oxygen atoms in total. The third-order valence-electron chi connectivity index (χ3n) is 2.07. The maximum absolute atomic E-state index is 12.4.